The van der Waals surface area contributed by atoms with Gasteiger partial charge in [-0.15, -0.1) is 0 Å². The average molecular weight is 353 g/mol. The molecule has 4 N–H and O–H groups in total. The predicted octanol–water partition coefficient (Wildman–Crippen LogP) is 2.94. The van der Waals surface area contributed by atoms with Gasteiger partial charge in [0.2, 0.25) is 0 Å². The van der Waals surface area contributed by atoms with Gasteiger partial charge in [0.15, 0.2) is 10.2 Å². The maximum Gasteiger partial charge on any atom is 0.189 e. The highest BCUT2D eigenvalue weighted by Gasteiger charge is 2.21. The van der Waals surface area contributed by atoms with Crippen LogP contribution in [0.5, 0.6) is 5.75 Å². The Morgan fingerprint density at radius 1 is 1.09 bits per heavy atom. The van der Waals surface area contributed by atoms with Gasteiger partial charge >= 0.3 is 0 Å². The summed E-state index contributed by atoms with van der Waals surface area (Å²) in [4.78, 5) is 0. The zero-order valence-electron chi connectivity index (χ0n) is 13.5. The molecule has 0 spiro atoms. The number of benzene rings is 1. The van der Waals surface area contributed by atoms with E-state index in [4.69, 9.17) is 29.2 Å². The van der Waals surface area contributed by atoms with Crippen molar-refractivity contribution in [2.24, 2.45) is 5.92 Å². The van der Waals surface area contributed by atoms with Crippen molar-refractivity contribution in [3.8, 4) is 5.75 Å². The van der Waals surface area contributed by atoms with E-state index < -0.39 is 0 Å². The summed E-state index contributed by atoms with van der Waals surface area (Å²) in [5, 5.41) is 7.42. The SMILES string of the molecule is COc1ccccc1NC(=S)NNC(=S)N[C@@H]1CCCC[C@@H]1C. The van der Waals surface area contributed by atoms with Gasteiger partial charge in [-0.05, 0) is 55.3 Å². The van der Waals surface area contributed by atoms with Crippen LogP contribution in [0.3, 0.4) is 0 Å². The summed E-state index contributed by atoms with van der Waals surface area (Å²) in [5.74, 6) is 1.37. The molecule has 1 fully saturated rings. The van der Waals surface area contributed by atoms with Crippen LogP contribution in [0.4, 0.5) is 5.69 Å². The summed E-state index contributed by atoms with van der Waals surface area (Å²) in [5.41, 5.74) is 6.63. The molecular formula is C16H24N4OS2. The molecular weight excluding hydrogens is 328 g/mol. The van der Waals surface area contributed by atoms with Crippen LogP contribution in [0.25, 0.3) is 0 Å². The lowest BCUT2D eigenvalue weighted by Crippen LogP contribution is -2.52. The third-order valence-corrected chi connectivity index (χ3v) is 4.50. The molecule has 0 saturated heterocycles. The van der Waals surface area contributed by atoms with E-state index in [2.05, 4.69) is 28.4 Å². The zero-order valence-corrected chi connectivity index (χ0v) is 15.2. The Morgan fingerprint density at radius 2 is 1.78 bits per heavy atom. The lowest BCUT2D eigenvalue weighted by atomic mass is 9.86. The molecule has 0 heterocycles. The van der Waals surface area contributed by atoms with Crippen molar-refractivity contribution in [2.75, 3.05) is 12.4 Å². The van der Waals surface area contributed by atoms with Gasteiger partial charge < -0.3 is 15.4 Å². The van der Waals surface area contributed by atoms with Crippen LogP contribution in [0.1, 0.15) is 32.6 Å². The number of hydrogen-bond donors (Lipinski definition) is 4. The van der Waals surface area contributed by atoms with E-state index in [0.717, 1.165) is 17.9 Å². The summed E-state index contributed by atoms with van der Waals surface area (Å²) >= 11 is 10.6. The molecule has 1 aliphatic carbocycles. The molecule has 0 bridgehead atoms. The minimum atomic E-state index is 0.426. The summed E-state index contributed by atoms with van der Waals surface area (Å²) in [7, 11) is 1.62. The fraction of sp³-hybridized carbons (Fsp3) is 0.500. The fourth-order valence-corrected chi connectivity index (χ4v) is 3.11. The van der Waals surface area contributed by atoms with E-state index in [1.165, 1.54) is 19.3 Å². The molecule has 2 atom stereocenters. The second-order valence-electron chi connectivity index (χ2n) is 5.75. The van der Waals surface area contributed by atoms with Crippen LogP contribution in [0.15, 0.2) is 24.3 Å². The second-order valence-corrected chi connectivity index (χ2v) is 6.56. The molecule has 0 unspecified atom stereocenters. The number of hydrazine groups is 1. The van der Waals surface area contributed by atoms with Gasteiger partial charge in [0.25, 0.3) is 0 Å². The second kappa shape index (κ2) is 8.88. The molecule has 7 heteroatoms. The van der Waals surface area contributed by atoms with Gasteiger partial charge in [0.1, 0.15) is 5.75 Å². The molecule has 1 saturated carbocycles. The number of rotatable bonds is 3. The quantitative estimate of drug-likeness (QED) is 0.493. The van der Waals surface area contributed by atoms with Crippen LogP contribution >= 0.6 is 24.4 Å². The highest BCUT2D eigenvalue weighted by Crippen LogP contribution is 2.24. The largest absolute Gasteiger partial charge is 0.495 e. The monoisotopic (exact) mass is 352 g/mol. The van der Waals surface area contributed by atoms with Crippen LogP contribution in [-0.4, -0.2) is 23.4 Å². The Morgan fingerprint density at radius 3 is 2.52 bits per heavy atom. The Hall–Kier alpha value is -1.60. The van der Waals surface area contributed by atoms with Crippen molar-refractivity contribution in [1.82, 2.24) is 16.2 Å². The third kappa shape index (κ3) is 5.51. The third-order valence-electron chi connectivity index (χ3n) is 4.07. The number of hydrogen-bond acceptors (Lipinski definition) is 3. The molecule has 0 aromatic heterocycles. The summed E-state index contributed by atoms with van der Waals surface area (Å²) in [6.07, 6.45) is 4.98. The smallest absolute Gasteiger partial charge is 0.189 e. The molecule has 1 aromatic rings. The minimum Gasteiger partial charge on any atom is -0.495 e. The molecule has 0 amide bonds. The first-order valence-electron chi connectivity index (χ1n) is 7.86. The molecule has 2 rings (SSSR count). The summed E-state index contributed by atoms with van der Waals surface area (Å²) in [6, 6.07) is 8.02. The van der Waals surface area contributed by atoms with E-state index in [-0.39, 0.29) is 0 Å². The van der Waals surface area contributed by atoms with Crippen molar-refractivity contribution < 1.29 is 4.74 Å². The molecule has 1 aromatic carbocycles. The first-order valence-corrected chi connectivity index (χ1v) is 8.68. The lowest BCUT2D eigenvalue weighted by Gasteiger charge is -2.30. The van der Waals surface area contributed by atoms with Crippen LogP contribution < -0.4 is 26.2 Å². The lowest BCUT2D eigenvalue weighted by molar-refractivity contribution is 0.308. The predicted molar refractivity (Wildman–Crippen MR) is 103 cm³/mol. The molecule has 0 aliphatic heterocycles. The van der Waals surface area contributed by atoms with Crippen molar-refractivity contribution >= 4 is 40.3 Å². The van der Waals surface area contributed by atoms with Gasteiger partial charge in [-0.3, -0.25) is 10.9 Å². The highest BCUT2D eigenvalue weighted by molar-refractivity contribution is 7.80. The van der Waals surface area contributed by atoms with Gasteiger partial charge in [0, 0.05) is 6.04 Å². The first-order chi connectivity index (χ1) is 11.1. The van der Waals surface area contributed by atoms with Gasteiger partial charge in [0.05, 0.1) is 12.8 Å². The number of nitrogens with one attached hydrogen (secondary N) is 4. The number of anilines is 1. The van der Waals surface area contributed by atoms with Crippen molar-refractivity contribution in [3.63, 3.8) is 0 Å². The maximum absolute atomic E-state index is 5.32. The van der Waals surface area contributed by atoms with E-state index in [9.17, 15) is 0 Å². The Balaban J connectivity index is 1.76. The van der Waals surface area contributed by atoms with Gasteiger partial charge in [-0.25, -0.2) is 0 Å². The van der Waals surface area contributed by atoms with Crippen molar-refractivity contribution in [1.29, 1.82) is 0 Å². The number of methoxy groups -OCH3 is 1. The van der Waals surface area contributed by atoms with Crippen molar-refractivity contribution in [2.45, 2.75) is 38.6 Å². The molecule has 23 heavy (non-hydrogen) atoms. The van der Waals surface area contributed by atoms with E-state index in [1.807, 2.05) is 24.3 Å². The summed E-state index contributed by atoms with van der Waals surface area (Å²) < 4.78 is 5.28. The standard InChI is InChI=1S/C16H24N4OS2/c1-11-7-3-4-8-12(11)17-15(22)19-20-16(23)18-13-9-5-6-10-14(13)21-2/h5-6,9-12H,3-4,7-8H2,1-2H3,(H2,17,19,22)(H2,18,20,23)/t11-,12+/m0/s1. The van der Waals surface area contributed by atoms with Crippen molar-refractivity contribution in [3.05, 3.63) is 24.3 Å². The molecule has 126 valence electrons. The number of ether oxygens (including phenoxy) is 1. The fourth-order valence-electron chi connectivity index (χ4n) is 2.75. The molecule has 5 nitrogen and oxygen atoms in total. The first kappa shape index (κ1) is 17.7. The van der Waals surface area contributed by atoms with E-state index >= 15 is 0 Å². The normalized spacial score (nSPS) is 20.3. The Labute approximate surface area is 148 Å². The Bertz CT molecular complexity index is 553. The van der Waals surface area contributed by atoms with Gasteiger partial charge in [-0.2, -0.15) is 0 Å². The topological polar surface area (TPSA) is 57.4 Å². The molecule has 1 aliphatic rings. The maximum atomic E-state index is 5.32. The number of para-hydroxylation sites is 2. The minimum absolute atomic E-state index is 0.426. The summed E-state index contributed by atoms with van der Waals surface area (Å²) in [6.45, 7) is 2.26. The van der Waals surface area contributed by atoms with E-state index in [1.54, 1.807) is 7.11 Å². The van der Waals surface area contributed by atoms with Crippen LogP contribution in [-0.2, 0) is 0 Å². The van der Waals surface area contributed by atoms with E-state index in [0.29, 0.717) is 22.2 Å². The van der Waals surface area contributed by atoms with Gasteiger partial charge in [-0.1, -0.05) is 31.9 Å². The van der Waals surface area contributed by atoms with Crippen LogP contribution in [0, 0.1) is 5.92 Å². The Kier molecular flexibility index (Phi) is 6.85. The van der Waals surface area contributed by atoms with Crippen LogP contribution in [0.2, 0.25) is 0 Å². The highest BCUT2D eigenvalue weighted by atomic mass is 32.1. The zero-order chi connectivity index (χ0) is 16.7. The molecule has 0 radical (unpaired) electrons. The number of thiocarbonyl (C=S) groups is 2. The average Bonchev–Trinajstić information content (AvgIpc) is 2.55.